The number of aromatic nitrogens is 2. The van der Waals surface area contributed by atoms with Gasteiger partial charge in [0, 0.05) is 5.69 Å². The SMILES string of the molecule is Cc1cc(C)n(CC(C(=O)O)c2ccccc2)n1. The van der Waals surface area contributed by atoms with Crippen LogP contribution >= 0.6 is 0 Å². The summed E-state index contributed by atoms with van der Waals surface area (Å²) in [7, 11) is 0. The largest absolute Gasteiger partial charge is 0.481 e. The summed E-state index contributed by atoms with van der Waals surface area (Å²) in [5.74, 6) is -1.39. The van der Waals surface area contributed by atoms with E-state index in [1.807, 2.05) is 50.2 Å². The average Bonchev–Trinajstić information content (AvgIpc) is 2.65. The van der Waals surface area contributed by atoms with Crippen LogP contribution in [0, 0.1) is 13.8 Å². The fraction of sp³-hybridized carbons (Fsp3) is 0.286. The number of carboxylic acids is 1. The number of rotatable bonds is 4. The van der Waals surface area contributed by atoms with Gasteiger partial charge in [0.2, 0.25) is 0 Å². The Labute approximate surface area is 106 Å². The molecule has 4 heteroatoms. The molecule has 1 aromatic heterocycles. The van der Waals surface area contributed by atoms with E-state index in [2.05, 4.69) is 5.10 Å². The molecule has 94 valence electrons. The number of hydrogen-bond acceptors (Lipinski definition) is 2. The van der Waals surface area contributed by atoms with Crippen LogP contribution in [0.25, 0.3) is 0 Å². The van der Waals surface area contributed by atoms with E-state index in [9.17, 15) is 9.90 Å². The van der Waals surface area contributed by atoms with Crippen LogP contribution in [0.2, 0.25) is 0 Å². The number of aryl methyl sites for hydroxylation is 2. The van der Waals surface area contributed by atoms with Gasteiger partial charge in [-0.05, 0) is 25.5 Å². The zero-order valence-corrected chi connectivity index (χ0v) is 10.5. The minimum absolute atomic E-state index is 0.360. The minimum atomic E-state index is -0.825. The lowest BCUT2D eigenvalue weighted by Crippen LogP contribution is -2.19. The highest BCUT2D eigenvalue weighted by molar-refractivity contribution is 5.75. The van der Waals surface area contributed by atoms with Gasteiger partial charge < -0.3 is 5.11 Å². The van der Waals surface area contributed by atoms with Crippen LogP contribution in [-0.4, -0.2) is 20.9 Å². The Hall–Kier alpha value is -2.10. The number of benzene rings is 1. The van der Waals surface area contributed by atoms with Crippen molar-refractivity contribution < 1.29 is 9.90 Å². The first-order chi connectivity index (χ1) is 8.58. The standard InChI is InChI=1S/C14H16N2O2/c1-10-8-11(2)16(15-10)9-13(14(17)18)12-6-4-3-5-7-12/h3-8,13H,9H2,1-2H3,(H,17,18). The monoisotopic (exact) mass is 244 g/mol. The van der Waals surface area contributed by atoms with Gasteiger partial charge in [-0.15, -0.1) is 0 Å². The first kappa shape index (κ1) is 12.4. The summed E-state index contributed by atoms with van der Waals surface area (Å²) in [4.78, 5) is 11.4. The van der Waals surface area contributed by atoms with Crippen molar-refractivity contribution in [2.75, 3.05) is 0 Å². The molecule has 0 radical (unpaired) electrons. The first-order valence-electron chi connectivity index (χ1n) is 5.86. The number of nitrogens with zero attached hydrogens (tertiary/aromatic N) is 2. The Morgan fingerprint density at radius 1 is 1.33 bits per heavy atom. The van der Waals surface area contributed by atoms with Crippen LogP contribution in [0.3, 0.4) is 0 Å². The Morgan fingerprint density at radius 3 is 2.50 bits per heavy atom. The molecule has 1 atom stereocenters. The second-order valence-corrected chi connectivity index (χ2v) is 4.41. The topological polar surface area (TPSA) is 55.1 Å². The molecule has 1 heterocycles. The maximum Gasteiger partial charge on any atom is 0.312 e. The van der Waals surface area contributed by atoms with Gasteiger partial charge >= 0.3 is 5.97 Å². The molecule has 1 N–H and O–H groups in total. The van der Waals surface area contributed by atoms with Gasteiger partial charge in [-0.3, -0.25) is 9.48 Å². The van der Waals surface area contributed by atoms with Crippen LogP contribution < -0.4 is 0 Å². The maximum absolute atomic E-state index is 11.4. The Balaban J connectivity index is 2.28. The third-order valence-corrected chi connectivity index (χ3v) is 2.96. The lowest BCUT2D eigenvalue weighted by Gasteiger charge is -2.14. The molecule has 4 nitrogen and oxygen atoms in total. The number of carbonyl (C=O) groups is 1. The van der Waals surface area contributed by atoms with E-state index >= 15 is 0 Å². The van der Waals surface area contributed by atoms with Crippen LogP contribution in [-0.2, 0) is 11.3 Å². The fourth-order valence-electron chi connectivity index (χ4n) is 2.04. The van der Waals surface area contributed by atoms with Crippen molar-refractivity contribution in [2.45, 2.75) is 26.3 Å². The molecule has 0 fully saturated rings. The molecule has 2 rings (SSSR count). The third-order valence-electron chi connectivity index (χ3n) is 2.96. The lowest BCUT2D eigenvalue weighted by atomic mass is 9.99. The van der Waals surface area contributed by atoms with E-state index in [0.717, 1.165) is 17.0 Å². The quantitative estimate of drug-likeness (QED) is 0.898. The summed E-state index contributed by atoms with van der Waals surface area (Å²) in [5, 5.41) is 13.7. The van der Waals surface area contributed by atoms with Crippen LogP contribution in [0.15, 0.2) is 36.4 Å². The molecule has 2 aromatic rings. The smallest absolute Gasteiger partial charge is 0.312 e. The molecule has 0 bridgehead atoms. The molecule has 0 spiro atoms. The van der Waals surface area contributed by atoms with Gasteiger partial charge in [0.25, 0.3) is 0 Å². The summed E-state index contributed by atoms with van der Waals surface area (Å²) in [6.07, 6.45) is 0. The molecular weight excluding hydrogens is 228 g/mol. The summed E-state index contributed by atoms with van der Waals surface area (Å²) < 4.78 is 1.75. The fourth-order valence-corrected chi connectivity index (χ4v) is 2.04. The van der Waals surface area contributed by atoms with E-state index < -0.39 is 11.9 Å². The van der Waals surface area contributed by atoms with Crippen molar-refractivity contribution in [1.82, 2.24) is 9.78 Å². The van der Waals surface area contributed by atoms with Gasteiger partial charge in [-0.2, -0.15) is 5.10 Å². The Kier molecular flexibility index (Phi) is 3.46. The van der Waals surface area contributed by atoms with Crippen LogP contribution in [0.1, 0.15) is 22.9 Å². The number of carboxylic acid groups (broad SMARTS) is 1. The second-order valence-electron chi connectivity index (χ2n) is 4.41. The predicted molar refractivity (Wildman–Crippen MR) is 68.5 cm³/mol. The summed E-state index contributed by atoms with van der Waals surface area (Å²) in [6.45, 7) is 4.20. The highest BCUT2D eigenvalue weighted by atomic mass is 16.4. The molecule has 0 aliphatic rings. The molecule has 0 aliphatic carbocycles. The van der Waals surface area contributed by atoms with Crippen molar-refractivity contribution in [3.05, 3.63) is 53.3 Å². The summed E-state index contributed by atoms with van der Waals surface area (Å²) in [6, 6.07) is 11.2. The van der Waals surface area contributed by atoms with Crippen molar-refractivity contribution in [1.29, 1.82) is 0 Å². The van der Waals surface area contributed by atoms with Gasteiger partial charge in [-0.25, -0.2) is 0 Å². The van der Waals surface area contributed by atoms with Gasteiger partial charge in [0.05, 0.1) is 12.2 Å². The molecule has 0 amide bonds. The van der Waals surface area contributed by atoms with E-state index in [1.54, 1.807) is 4.68 Å². The maximum atomic E-state index is 11.4. The Morgan fingerprint density at radius 2 is 2.00 bits per heavy atom. The third kappa shape index (κ3) is 2.59. The molecule has 1 unspecified atom stereocenters. The van der Waals surface area contributed by atoms with Crippen molar-refractivity contribution in [3.8, 4) is 0 Å². The van der Waals surface area contributed by atoms with Crippen molar-refractivity contribution in [3.63, 3.8) is 0 Å². The molecule has 0 saturated heterocycles. The lowest BCUT2D eigenvalue weighted by molar-refractivity contribution is -0.139. The minimum Gasteiger partial charge on any atom is -0.481 e. The summed E-state index contributed by atoms with van der Waals surface area (Å²) >= 11 is 0. The van der Waals surface area contributed by atoms with E-state index in [-0.39, 0.29) is 0 Å². The van der Waals surface area contributed by atoms with E-state index in [0.29, 0.717) is 6.54 Å². The van der Waals surface area contributed by atoms with Crippen molar-refractivity contribution in [2.24, 2.45) is 0 Å². The Bertz CT molecular complexity index is 546. The van der Waals surface area contributed by atoms with Gasteiger partial charge in [0.15, 0.2) is 0 Å². The summed E-state index contributed by atoms with van der Waals surface area (Å²) in [5.41, 5.74) is 2.69. The van der Waals surface area contributed by atoms with Crippen molar-refractivity contribution >= 4 is 5.97 Å². The normalized spacial score (nSPS) is 12.3. The molecular formula is C14H16N2O2. The van der Waals surface area contributed by atoms with E-state index in [1.165, 1.54) is 0 Å². The molecule has 0 aliphatic heterocycles. The van der Waals surface area contributed by atoms with Gasteiger partial charge in [-0.1, -0.05) is 30.3 Å². The number of hydrogen-bond donors (Lipinski definition) is 1. The van der Waals surface area contributed by atoms with Gasteiger partial charge in [0.1, 0.15) is 5.92 Å². The first-order valence-corrected chi connectivity index (χ1v) is 5.86. The zero-order chi connectivity index (χ0) is 13.1. The zero-order valence-electron chi connectivity index (χ0n) is 10.5. The molecule has 1 aromatic carbocycles. The highest BCUT2D eigenvalue weighted by Crippen LogP contribution is 2.19. The highest BCUT2D eigenvalue weighted by Gasteiger charge is 2.21. The number of aliphatic carboxylic acids is 1. The predicted octanol–water partition coefficient (Wildman–Crippen LogP) is 2.37. The van der Waals surface area contributed by atoms with E-state index in [4.69, 9.17) is 0 Å². The van der Waals surface area contributed by atoms with Crippen LogP contribution in [0.4, 0.5) is 0 Å². The van der Waals surface area contributed by atoms with Crippen LogP contribution in [0.5, 0.6) is 0 Å². The average molecular weight is 244 g/mol. The second kappa shape index (κ2) is 5.04. The molecule has 0 saturated carbocycles. The molecule has 18 heavy (non-hydrogen) atoms.